The van der Waals surface area contributed by atoms with Gasteiger partial charge in [0.15, 0.2) is 17.0 Å². The molecule has 1 amide bonds. The molecule has 2 aromatic heterocycles. The van der Waals surface area contributed by atoms with Gasteiger partial charge in [-0.1, -0.05) is 19.8 Å². The average molecular weight is 233 g/mol. The van der Waals surface area contributed by atoms with Crippen LogP contribution in [0.25, 0.3) is 11.2 Å². The Bertz CT molecular complexity index is 507. The lowest BCUT2D eigenvalue weighted by atomic mass is 10.2. The van der Waals surface area contributed by atoms with E-state index in [9.17, 15) is 4.79 Å². The molecule has 90 valence electrons. The van der Waals surface area contributed by atoms with Crippen LogP contribution < -0.4 is 5.32 Å². The van der Waals surface area contributed by atoms with Crippen LogP contribution in [0.3, 0.4) is 0 Å². The smallest absolute Gasteiger partial charge is 0.225 e. The predicted molar refractivity (Wildman–Crippen MR) is 64.5 cm³/mol. The Hall–Kier alpha value is -1.98. The second-order valence-corrected chi connectivity index (χ2v) is 3.83. The van der Waals surface area contributed by atoms with Gasteiger partial charge in [0, 0.05) is 6.42 Å². The Morgan fingerprint density at radius 3 is 3.06 bits per heavy atom. The highest BCUT2D eigenvalue weighted by atomic mass is 16.1. The number of unbranched alkanes of at least 4 members (excludes halogenated alkanes) is 2. The normalized spacial score (nSPS) is 10.6. The lowest BCUT2D eigenvalue weighted by Crippen LogP contribution is -2.12. The van der Waals surface area contributed by atoms with Crippen LogP contribution in [0.4, 0.5) is 5.82 Å². The molecule has 0 bridgehead atoms. The fraction of sp³-hybridized carbons (Fsp3) is 0.455. The van der Waals surface area contributed by atoms with Gasteiger partial charge in [-0.3, -0.25) is 4.79 Å². The third-order valence-corrected chi connectivity index (χ3v) is 2.48. The van der Waals surface area contributed by atoms with Gasteiger partial charge in [-0.05, 0) is 6.42 Å². The summed E-state index contributed by atoms with van der Waals surface area (Å²) in [7, 11) is 0. The summed E-state index contributed by atoms with van der Waals surface area (Å²) < 4.78 is 0. The number of anilines is 1. The Morgan fingerprint density at radius 2 is 2.24 bits per heavy atom. The summed E-state index contributed by atoms with van der Waals surface area (Å²) in [4.78, 5) is 26.6. The van der Waals surface area contributed by atoms with E-state index < -0.39 is 0 Å². The van der Waals surface area contributed by atoms with Crippen LogP contribution in [0.1, 0.15) is 32.6 Å². The summed E-state index contributed by atoms with van der Waals surface area (Å²) in [6.07, 6.45) is 6.52. The van der Waals surface area contributed by atoms with Crippen molar-refractivity contribution in [2.45, 2.75) is 32.6 Å². The molecule has 0 aliphatic rings. The van der Waals surface area contributed by atoms with Crippen molar-refractivity contribution in [2.75, 3.05) is 5.32 Å². The molecule has 0 unspecified atom stereocenters. The quantitative estimate of drug-likeness (QED) is 0.772. The minimum Gasteiger partial charge on any atom is -0.329 e. The first-order chi connectivity index (χ1) is 8.31. The van der Waals surface area contributed by atoms with Crippen LogP contribution in [0, 0.1) is 0 Å². The number of imidazole rings is 1. The van der Waals surface area contributed by atoms with Crippen LogP contribution in [0.15, 0.2) is 12.7 Å². The van der Waals surface area contributed by atoms with E-state index in [2.05, 4.69) is 32.2 Å². The van der Waals surface area contributed by atoms with Crippen molar-refractivity contribution < 1.29 is 4.79 Å². The van der Waals surface area contributed by atoms with Gasteiger partial charge in [-0.25, -0.2) is 15.0 Å². The SMILES string of the molecule is CCCCCC(=O)Nc1ncnc2[nH]cnc12. The number of aromatic nitrogens is 4. The molecule has 0 aromatic carbocycles. The summed E-state index contributed by atoms with van der Waals surface area (Å²) in [5.74, 6) is 0.444. The van der Waals surface area contributed by atoms with Gasteiger partial charge in [-0.2, -0.15) is 0 Å². The van der Waals surface area contributed by atoms with Crippen molar-refractivity contribution in [2.24, 2.45) is 0 Å². The van der Waals surface area contributed by atoms with Crippen molar-refractivity contribution in [3.8, 4) is 0 Å². The molecular formula is C11H15N5O. The zero-order chi connectivity index (χ0) is 12.1. The zero-order valence-electron chi connectivity index (χ0n) is 9.73. The van der Waals surface area contributed by atoms with E-state index in [4.69, 9.17) is 0 Å². The number of rotatable bonds is 5. The Labute approximate surface area is 98.9 Å². The maximum atomic E-state index is 11.6. The second-order valence-electron chi connectivity index (χ2n) is 3.83. The van der Waals surface area contributed by atoms with E-state index in [-0.39, 0.29) is 5.91 Å². The Morgan fingerprint density at radius 1 is 1.35 bits per heavy atom. The van der Waals surface area contributed by atoms with E-state index in [0.29, 0.717) is 23.4 Å². The monoisotopic (exact) mass is 233 g/mol. The molecule has 2 rings (SSSR count). The maximum absolute atomic E-state index is 11.6. The lowest BCUT2D eigenvalue weighted by Gasteiger charge is -2.03. The topological polar surface area (TPSA) is 83.6 Å². The van der Waals surface area contributed by atoms with Crippen molar-refractivity contribution in [3.63, 3.8) is 0 Å². The van der Waals surface area contributed by atoms with Gasteiger partial charge in [0.2, 0.25) is 5.91 Å². The van der Waals surface area contributed by atoms with Crippen LogP contribution in [-0.2, 0) is 4.79 Å². The predicted octanol–water partition coefficient (Wildman–Crippen LogP) is 1.87. The minimum atomic E-state index is -0.0264. The highest BCUT2D eigenvalue weighted by molar-refractivity contribution is 5.96. The molecule has 2 heterocycles. The van der Waals surface area contributed by atoms with Crippen LogP contribution >= 0.6 is 0 Å². The minimum absolute atomic E-state index is 0.0264. The average Bonchev–Trinajstić information content (AvgIpc) is 2.78. The Kier molecular flexibility index (Phi) is 3.64. The molecule has 0 saturated heterocycles. The van der Waals surface area contributed by atoms with Gasteiger partial charge in [-0.15, -0.1) is 0 Å². The molecule has 0 fully saturated rings. The first-order valence-electron chi connectivity index (χ1n) is 5.75. The molecule has 0 atom stereocenters. The van der Waals surface area contributed by atoms with E-state index in [1.807, 2.05) is 0 Å². The number of hydrogen-bond donors (Lipinski definition) is 2. The number of carbonyl (C=O) groups excluding carboxylic acids is 1. The van der Waals surface area contributed by atoms with Crippen molar-refractivity contribution in [3.05, 3.63) is 12.7 Å². The summed E-state index contributed by atoms with van der Waals surface area (Å²) >= 11 is 0. The molecule has 2 N–H and O–H groups in total. The molecule has 0 spiro atoms. The molecule has 0 aliphatic heterocycles. The fourth-order valence-electron chi connectivity index (χ4n) is 1.59. The van der Waals surface area contributed by atoms with Crippen molar-refractivity contribution in [1.82, 2.24) is 19.9 Å². The van der Waals surface area contributed by atoms with Gasteiger partial charge < -0.3 is 10.3 Å². The van der Waals surface area contributed by atoms with Crippen molar-refractivity contribution >= 4 is 22.9 Å². The number of fused-ring (bicyclic) bond motifs is 1. The van der Waals surface area contributed by atoms with Crippen LogP contribution in [-0.4, -0.2) is 25.8 Å². The first-order valence-corrected chi connectivity index (χ1v) is 5.75. The number of H-pyrrole nitrogens is 1. The molecule has 0 radical (unpaired) electrons. The molecular weight excluding hydrogens is 218 g/mol. The number of carbonyl (C=O) groups is 1. The molecule has 6 nitrogen and oxygen atoms in total. The third-order valence-electron chi connectivity index (χ3n) is 2.48. The number of hydrogen-bond acceptors (Lipinski definition) is 4. The highest BCUT2D eigenvalue weighted by Crippen LogP contribution is 2.14. The largest absolute Gasteiger partial charge is 0.329 e. The first kappa shape index (κ1) is 11.5. The van der Waals surface area contributed by atoms with Gasteiger partial charge in [0.25, 0.3) is 0 Å². The molecule has 2 aromatic rings. The lowest BCUT2D eigenvalue weighted by molar-refractivity contribution is -0.116. The standard InChI is InChI=1S/C11H15N5O/c1-2-3-4-5-8(17)16-11-9-10(13-6-12-9)14-7-15-11/h6-7H,2-5H2,1H3,(H2,12,13,14,15,16,17). The molecule has 17 heavy (non-hydrogen) atoms. The second kappa shape index (κ2) is 5.38. The summed E-state index contributed by atoms with van der Waals surface area (Å²) in [6, 6.07) is 0. The molecule has 6 heteroatoms. The van der Waals surface area contributed by atoms with Gasteiger partial charge in [0.1, 0.15) is 6.33 Å². The van der Waals surface area contributed by atoms with Gasteiger partial charge in [0.05, 0.1) is 6.33 Å². The fourth-order valence-corrected chi connectivity index (χ4v) is 1.59. The number of nitrogens with zero attached hydrogens (tertiary/aromatic N) is 3. The van der Waals surface area contributed by atoms with E-state index >= 15 is 0 Å². The summed E-state index contributed by atoms with van der Waals surface area (Å²) in [5, 5.41) is 2.76. The summed E-state index contributed by atoms with van der Waals surface area (Å²) in [5.41, 5.74) is 1.22. The van der Waals surface area contributed by atoms with E-state index in [1.165, 1.54) is 12.7 Å². The number of nitrogens with one attached hydrogen (secondary N) is 2. The Balaban J connectivity index is 2.03. The molecule has 0 aliphatic carbocycles. The summed E-state index contributed by atoms with van der Waals surface area (Å²) in [6.45, 7) is 2.11. The molecule has 0 saturated carbocycles. The highest BCUT2D eigenvalue weighted by Gasteiger charge is 2.09. The van der Waals surface area contributed by atoms with Crippen molar-refractivity contribution in [1.29, 1.82) is 0 Å². The third kappa shape index (κ3) is 2.77. The van der Waals surface area contributed by atoms with Gasteiger partial charge >= 0.3 is 0 Å². The van der Waals surface area contributed by atoms with Crippen LogP contribution in [0.2, 0.25) is 0 Å². The van der Waals surface area contributed by atoms with E-state index in [0.717, 1.165) is 19.3 Å². The van der Waals surface area contributed by atoms with E-state index in [1.54, 1.807) is 0 Å². The number of amides is 1. The number of aromatic amines is 1. The van der Waals surface area contributed by atoms with Crippen LogP contribution in [0.5, 0.6) is 0 Å². The zero-order valence-corrected chi connectivity index (χ0v) is 9.73. The maximum Gasteiger partial charge on any atom is 0.225 e.